The molecule has 0 bridgehead atoms. The lowest BCUT2D eigenvalue weighted by Gasteiger charge is -2.34. The molecule has 296 valence electrons. The largest absolute Gasteiger partial charge is 0.310 e. The second kappa shape index (κ2) is 15.1. The van der Waals surface area contributed by atoms with Crippen LogP contribution in [-0.4, -0.2) is 4.57 Å². The number of rotatable bonds is 8. The molecule has 0 saturated carbocycles. The van der Waals surface area contributed by atoms with Gasteiger partial charge in [-0.05, 0) is 87.0 Å². The molecule has 1 aromatic heterocycles. The molecular formula is C61H42N2. The van der Waals surface area contributed by atoms with Gasteiger partial charge in [0.05, 0.1) is 27.8 Å². The third-order valence-corrected chi connectivity index (χ3v) is 13.1. The Hall–Kier alpha value is -8.20. The molecule has 0 unspecified atom stereocenters. The highest BCUT2D eigenvalue weighted by Crippen LogP contribution is 2.58. The minimum absolute atomic E-state index is 0.502. The van der Waals surface area contributed by atoms with E-state index in [1.165, 1.54) is 77.6 Å². The van der Waals surface area contributed by atoms with E-state index in [0.717, 1.165) is 22.6 Å². The average Bonchev–Trinajstić information content (AvgIpc) is 3.86. The highest BCUT2D eigenvalue weighted by Gasteiger charge is 2.47. The van der Waals surface area contributed by atoms with Gasteiger partial charge in [0.1, 0.15) is 0 Å². The Morgan fingerprint density at radius 1 is 0.333 bits per heavy atom. The van der Waals surface area contributed by atoms with Crippen LogP contribution in [0.15, 0.2) is 255 Å². The number of hydrogen-bond donors (Lipinski definition) is 0. The second-order valence-electron chi connectivity index (χ2n) is 16.4. The third kappa shape index (κ3) is 5.80. The van der Waals surface area contributed by atoms with Crippen molar-refractivity contribution in [3.63, 3.8) is 0 Å². The smallest absolute Gasteiger partial charge is 0.0714 e. The van der Waals surface area contributed by atoms with E-state index in [-0.39, 0.29) is 0 Å². The number of fused-ring (bicyclic) bond motifs is 6. The molecule has 2 heteroatoms. The molecule has 1 heterocycles. The molecule has 10 aromatic carbocycles. The quantitative estimate of drug-likeness (QED) is 0.149. The van der Waals surface area contributed by atoms with Gasteiger partial charge in [-0.15, -0.1) is 0 Å². The normalized spacial score (nSPS) is 12.6. The summed E-state index contributed by atoms with van der Waals surface area (Å²) in [5, 5.41) is 2.44. The Morgan fingerprint density at radius 3 is 1.57 bits per heavy atom. The number of anilines is 3. The van der Waals surface area contributed by atoms with Gasteiger partial charge in [-0.25, -0.2) is 0 Å². The lowest BCUT2D eigenvalue weighted by molar-refractivity contribution is 0.768. The first-order valence-corrected chi connectivity index (χ1v) is 21.8. The first-order chi connectivity index (χ1) is 31.3. The summed E-state index contributed by atoms with van der Waals surface area (Å²) in [6.45, 7) is 0. The highest BCUT2D eigenvalue weighted by molar-refractivity contribution is 6.11. The van der Waals surface area contributed by atoms with E-state index in [2.05, 4.69) is 264 Å². The van der Waals surface area contributed by atoms with Crippen molar-refractivity contribution in [2.75, 3.05) is 4.90 Å². The lowest BCUT2D eigenvalue weighted by Crippen LogP contribution is -2.28. The van der Waals surface area contributed by atoms with E-state index in [4.69, 9.17) is 0 Å². The van der Waals surface area contributed by atoms with Crippen molar-refractivity contribution in [1.29, 1.82) is 0 Å². The van der Waals surface area contributed by atoms with Gasteiger partial charge in [-0.3, -0.25) is 0 Å². The van der Waals surface area contributed by atoms with Crippen LogP contribution in [0.3, 0.4) is 0 Å². The van der Waals surface area contributed by atoms with E-state index in [9.17, 15) is 0 Å². The Morgan fingerprint density at radius 2 is 0.857 bits per heavy atom. The molecule has 12 rings (SSSR count). The molecule has 63 heavy (non-hydrogen) atoms. The van der Waals surface area contributed by atoms with Gasteiger partial charge in [0.2, 0.25) is 0 Å². The molecule has 0 spiro atoms. The molecule has 0 aliphatic heterocycles. The molecule has 0 fully saturated rings. The summed E-state index contributed by atoms with van der Waals surface area (Å²) in [5.74, 6) is 0. The van der Waals surface area contributed by atoms with Gasteiger partial charge >= 0.3 is 0 Å². The SMILES string of the molecule is c1ccc(-c2ccc(N(c3ccc4c5ccccc5n(-c5cccc6c5-c5ccccc5C6(c5ccccc5)c5ccccc5)c4c3)c3ccccc3-c3ccccc3)cc2)cc1. The Balaban J connectivity index is 1.13. The first-order valence-electron chi connectivity index (χ1n) is 21.8. The topological polar surface area (TPSA) is 8.17 Å². The first kappa shape index (κ1) is 36.6. The van der Waals surface area contributed by atoms with Crippen molar-refractivity contribution < 1.29 is 0 Å². The highest BCUT2D eigenvalue weighted by atomic mass is 15.1. The average molecular weight is 803 g/mol. The fourth-order valence-electron chi connectivity index (χ4n) is 10.4. The van der Waals surface area contributed by atoms with Crippen molar-refractivity contribution >= 4 is 38.9 Å². The van der Waals surface area contributed by atoms with Crippen LogP contribution >= 0.6 is 0 Å². The lowest BCUT2D eigenvalue weighted by atomic mass is 9.68. The van der Waals surface area contributed by atoms with Gasteiger partial charge < -0.3 is 9.47 Å². The molecule has 0 atom stereocenters. The summed E-state index contributed by atoms with van der Waals surface area (Å²) in [6, 6.07) is 93.2. The standard InChI is InChI=1S/C61H42N2/c1-5-20-43(21-6-1)44-36-38-48(39-37-44)62(56-33-17-14-28-50(56)45-22-7-2-8-23-45)49-40-41-52-51-29-15-18-34-57(51)63(59(52)42-49)58-35-19-32-55-60(58)53-30-13-16-31-54(53)61(55,46-24-9-3-10-25-46)47-26-11-4-12-27-47/h1-42H. The van der Waals surface area contributed by atoms with Crippen LogP contribution in [0.1, 0.15) is 22.3 Å². The zero-order valence-corrected chi connectivity index (χ0v) is 34.6. The molecule has 2 nitrogen and oxygen atoms in total. The molecule has 1 aliphatic carbocycles. The maximum Gasteiger partial charge on any atom is 0.0714 e. The number of hydrogen-bond acceptors (Lipinski definition) is 1. The van der Waals surface area contributed by atoms with Crippen molar-refractivity contribution in [1.82, 2.24) is 4.57 Å². The molecule has 0 radical (unpaired) electrons. The van der Waals surface area contributed by atoms with Gasteiger partial charge in [0.25, 0.3) is 0 Å². The van der Waals surface area contributed by atoms with Crippen LogP contribution in [0.25, 0.3) is 60.9 Å². The van der Waals surface area contributed by atoms with Gasteiger partial charge in [0, 0.05) is 33.3 Å². The summed E-state index contributed by atoms with van der Waals surface area (Å²) in [7, 11) is 0. The maximum atomic E-state index is 2.52. The summed E-state index contributed by atoms with van der Waals surface area (Å²) in [5.41, 5.74) is 18.6. The predicted molar refractivity (Wildman–Crippen MR) is 264 cm³/mol. The van der Waals surface area contributed by atoms with Crippen LogP contribution in [0.5, 0.6) is 0 Å². The van der Waals surface area contributed by atoms with Gasteiger partial charge in [-0.1, -0.05) is 212 Å². The minimum Gasteiger partial charge on any atom is -0.310 e. The molecule has 11 aromatic rings. The molecule has 0 amide bonds. The molecule has 1 aliphatic rings. The van der Waals surface area contributed by atoms with Gasteiger partial charge in [-0.2, -0.15) is 0 Å². The Labute approximate surface area is 368 Å². The Bertz CT molecular complexity index is 3380. The van der Waals surface area contributed by atoms with Crippen LogP contribution in [0.2, 0.25) is 0 Å². The van der Waals surface area contributed by atoms with Crippen LogP contribution < -0.4 is 4.90 Å². The number of aromatic nitrogens is 1. The van der Waals surface area contributed by atoms with E-state index in [1.54, 1.807) is 0 Å². The fourth-order valence-corrected chi connectivity index (χ4v) is 10.4. The molecule has 0 N–H and O–H groups in total. The summed E-state index contributed by atoms with van der Waals surface area (Å²) in [4.78, 5) is 2.43. The van der Waals surface area contributed by atoms with Crippen LogP contribution in [0, 0.1) is 0 Å². The van der Waals surface area contributed by atoms with E-state index < -0.39 is 5.41 Å². The zero-order chi connectivity index (χ0) is 41.7. The van der Waals surface area contributed by atoms with Gasteiger partial charge in [0.15, 0.2) is 0 Å². The zero-order valence-electron chi connectivity index (χ0n) is 34.6. The number of nitrogens with zero attached hydrogens (tertiary/aromatic N) is 2. The van der Waals surface area contributed by atoms with Crippen LogP contribution in [0.4, 0.5) is 17.1 Å². The maximum absolute atomic E-state index is 2.52. The number of para-hydroxylation sites is 2. The monoisotopic (exact) mass is 802 g/mol. The van der Waals surface area contributed by atoms with Crippen molar-refractivity contribution in [2.45, 2.75) is 5.41 Å². The van der Waals surface area contributed by atoms with Crippen molar-refractivity contribution in [3.8, 4) is 39.1 Å². The molecular weight excluding hydrogens is 761 g/mol. The minimum atomic E-state index is -0.502. The fraction of sp³-hybridized carbons (Fsp3) is 0.0164. The predicted octanol–water partition coefficient (Wildman–Crippen LogP) is 16.0. The van der Waals surface area contributed by atoms with Crippen molar-refractivity contribution in [2.24, 2.45) is 0 Å². The number of benzene rings is 10. The Kier molecular flexibility index (Phi) is 8.76. The third-order valence-electron chi connectivity index (χ3n) is 13.1. The van der Waals surface area contributed by atoms with E-state index in [1.807, 2.05) is 0 Å². The summed E-state index contributed by atoms with van der Waals surface area (Å²) < 4.78 is 2.52. The molecule has 0 saturated heterocycles. The van der Waals surface area contributed by atoms with E-state index >= 15 is 0 Å². The van der Waals surface area contributed by atoms with Crippen molar-refractivity contribution in [3.05, 3.63) is 277 Å². The van der Waals surface area contributed by atoms with E-state index in [0.29, 0.717) is 0 Å². The second-order valence-corrected chi connectivity index (χ2v) is 16.4. The van der Waals surface area contributed by atoms with Crippen LogP contribution in [-0.2, 0) is 5.41 Å². The summed E-state index contributed by atoms with van der Waals surface area (Å²) in [6.07, 6.45) is 0. The summed E-state index contributed by atoms with van der Waals surface area (Å²) >= 11 is 0.